The molecule has 1 aromatic heterocycles. The molecule has 1 fully saturated rings. The van der Waals surface area contributed by atoms with Crippen molar-refractivity contribution in [3.8, 4) is 11.1 Å². The van der Waals surface area contributed by atoms with Crippen molar-refractivity contribution in [1.29, 1.82) is 0 Å². The maximum Gasteiger partial charge on any atom is 0.407 e. The van der Waals surface area contributed by atoms with Crippen molar-refractivity contribution in [2.24, 2.45) is 5.92 Å². The molecule has 138 valence electrons. The largest absolute Gasteiger partial charge is 0.465 e. The second-order valence-corrected chi connectivity index (χ2v) is 7.39. The van der Waals surface area contributed by atoms with Gasteiger partial charge >= 0.3 is 6.09 Å². The Bertz CT molecular complexity index is 733. The fraction of sp³-hybridized carbons (Fsp3) is 0.429. The van der Waals surface area contributed by atoms with Crippen molar-refractivity contribution in [3.63, 3.8) is 0 Å². The Labute approximate surface area is 155 Å². The Kier molecular flexibility index (Phi) is 5.89. The second kappa shape index (κ2) is 8.32. The van der Waals surface area contributed by atoms with E-state index >= 15 is 0 Å². The summed E-state index contributed by atoms with van der Waals surface area (Å²) in [5.41, 5.74) is 3.57. The zero-order chi connectivity index (χ0) is 18.5. The first-order valence-electron chi connectivity index (χ1n) is 9.25. The molecular weight excluding hydrogens is 326 g/mol. The molecule has 1 aliphatic heterocycles. The summed E-state index contributed by atoms with van der Waals surface area (Å²) in [7, 11) is 0. The van der Waals surface area contributed by atoms with Crippen molar-refractivity contribution < 1.29 is 9.90 Å². The Morgan fingerprint density at radius 1 is 1.31 bits per heavy atom. The van der Waals surface area contributed by atoms with Crippen molar-refractivity contribution in [3.05, 3.63) is 54.4 Å². The van der Waals surface area contributed by atoms with Crippen molar-refractivity contribution in [2.75, 3.05) is 19.6 Å². The van der Waals surface area contributed by atoms with Gasteiger partial charge in [0, 0.05) is 50.2 Å². The van der Waals surface area contributed by atoms with Gasteiger partial charge in [0.25, 0.3) is 0 Å². The lowest BCUT2D eigenvalue weighted by atomic mass is 9.99. The lowest BCUT2D eigenvalue weighted by Crippen LogP contribution is -2.40. The van der Waals surface area contributed by atoms with Crippen molar-refractivity contribution >= 4 is 6.09 Å². The van der Waals surface area contributed by atoms with E-state index in [-0.39, 0.29) is 6.04 Å². The molecule has 26 heavy (non-hydrogen) atoms. The van der Waals surface area contributed by atoms with Gasteiger partial charge in [-0.1, -0.05) is 44.2 Å². The summed E-state index contributed by atoms with van der Waals surface area (Å²) in [6.45, 7) is 7.42. The van der Waals surface area contributed by atoms with Gasteiger partial charge < -0.3 is 10.0 Å². The molecule has 0 saturated carbocycles. The number of amides is 1. The minimum Gasteiger partial charge on any atom is -0.465 e. The number of nitrogens with zero attached hydrogens (tertiary/aromatic N) is 3. The Morgan fingerprint density at radius 2 is 2.12 bits per heavy atom. The number of hydrogen-bond donors (Lipinski definition) is 1. The molecule has 0 radical (unpaired) electrons. The number of carbonyl (C=O) groups is 1. The third-order valence-electron chi connectivity index (χ3n) is 4.91. The van der Waals surface area contributed by atoms with Gasteiger partial charge in [-0.2, -0.15) is 0 Å². The van der Waals surface area contributed by atoms with E-state index in [0.717, 1.165) is 25.1 Å². The van der Waals surface area contributed by atoms with Crippen molar-refractivity contribution in [2.45, 2.75) is 32.9 Å². The van der Waals surface area contributed by atoms with E-state index in [2.05, 4.69) is 54.1 Å². The monoisotopic (exact) mass is 353 g/mol. The van der Waals surface area contributed by atoms with Crippen LogP contribution in [-0.4, -0.2) is 51.7 Å². The van der Waals surface area contributed by atoms with E-state index in [1.54, 1.807) is 6.20 Å². The van der Waals surface area contributed by atoms with Gasteiger partial charge in [-0.25, -0.2) is 4.79 Å². The lowest BCUT2D eigenvalue weighted by molar-refractivity contribution is 0.140. The SMILES string of the molecule is CC(C)CN(Cc1ccccc1-c1cccnc1)[C@H]1CCN(C(=O)O)C1. The van der Waals surface area contributed by atoms with E-state index in [1.807, 2.05) is 12.3 Å². The first-order chi connectivity index (χ1) is 12.5. The fourth-order valence-electron chi connectivity index (χ4n) is 3.71. The lowest BCUT2D eigenvalue weighted by Gasteiger charge is -2.31. The molecule has 2 aromatic rings. The number of likely N-dealkylation sites (tertiary alicyclic amines) is 1. The average Bonchev–Trinajstić information content (AvgIpc) is 3.12. The summed E-state index contributed by atoms with van der Waals surface area (Å²) in [4.78, 5) is 19.5. The first kappa shape index (κ1) is 18.4. The van der Waals surface area contributed by atoms with Crippen LogP contribution in [0.1, 0.15) is 25.8 Å². The standard InChI is InChI=1S/C21H27N3O2/c1-16(2)13-24(19-9-11-23(15-19)21(25)26)14-18-6-3-4-8-20(18)17-7-5-10-22-12-17/h3-8,10,12,16,19H,9,11,13-15H2,1-2H3,(H,25,26)/t19-/m0/s1. The summed E-state index contributed by atoms with van der Waals surface area (Å²) in [6.07, 6.45) is 3.77. The first-order valence-corrected chi connectivity index (χ1v) is 9.25. The maximum atomic E-state index is 11.3. The number of aromatic nitrogens is 1. The van der Waals surface area contributed by atoms with Gasteiger partial charge in [0.05, 0.1) is 0 Å². The van der Waals surface area contributed by atoms with Crippen LogP contribution in [0.15, 0.2) is 48.8 Å². The number of rotatable bonds is 6. The van der Waals surface area contributed by atoms with Crippen LogP contribution in [0.5, 0.6) is 0 Å². The predicted molar refractivity (Wildman–Crippen MR) is 103 cm³/mol. The highest BCUT2D eigenvalue weighted by atomic mass is 16.4. The molecule has 1 amide bonds. The maximum absolute atomic E-state index is 11.3. The summed E-state index contributed by atoms with van der Waals surface area (Å²) in [6, 6.07) is 12.7. The van der Waals surface area contributed by atoms with E-state index in [9.17, 15) is 9.90 Å². The molecule has 0 aliphatic carbocycles. The highest BCUT2D eigenvalue weighted by molar-refractivity contribution is 5.66. The average molecular weight is 353 g/mol. The molecule has 1 saturated heterocycles. The number of benzene rings is 1. The molecule has 0 unspecified atom stereocenters. The summed E-state index contributed by atoms with van der Waals surface area (Å²) in [5.74, 6) is 0.527. The molecule has 5 nitrogen and oxygen atoms in total. The third-order valence-corrected chi connectivity index (χ3v) is 4.91. The van der Waals surface area contributed by atoms with Crippen LogP contribution in [0.3, 0.4) is 0 Å². The summed E-state index contributed by atoms with van der Waals surface area (Å²) < 4.78 is 0. The molecule has 0 spiro atoms. The molecule has 5 heteroatoms. The van der Waals surface area contributed by atoms with Gasteiger partial charge in [0.1, 0.15) is 0 Å². The molecule has 0 bridgehead atoms. The Morgan fingerprint density at radius 3 is 2.77 bits per heavy atom. The van der Waals surface area contributed by atoms with Crippen LogP contribution < -0.4 is 0 Å². The van der Waals surface area contributed by atoms with E-state index < -0.39 is 6.09 Å². The molecule has 2 heterocycles. The van der Waals surface area contributed by atoms with Gasteiger partial charge in [-0.15, -0.1) is 0 Å². The van der Waals surface area contributed by atoms with Crippen LogP contribution in [0.4, 0.5) is 4.79 Å². The Hall–Kier alpha value is -2.40. The zero-order valence-electron chi connectivity index (χ0n) is 15.5. The fourth-order valence-corrected chi connectivity index (χ4v) is 3.71. The van der Waals surface area contributed by atoms with Crippen LogP contribution in [-0.2, 0) is 6.54 Å². The summed E-state index contributed by atoms with van der Waals surface area (Å²) >= 11 is 0. The highest BCUT2D eigenvalue weighted by Crippen LogP contribution is 2.26. The Balaban J connectivity index is 1.83. The number of pyridine rings is 1. The zero-order valence-corrected chi connectivity index (χ0v) is 15.5. The van der Waals surface area contributed by atoms with Crippen LogP contribution in [0, 0.1) is 5.92 Å². The normalized spacial score (nSPS) is 17.2. The van der Waals surface area contributed by atoms with Gasteiger partial charge in [-0.05, 0) is 29.5 Å². The molecular formula is C21H27N3O2. The highest BCUT2D eigenvalue weighted by Gasteiger charge is 2.30. The third kappa shape index (κ3) is 4.41. The van der Waals surface area contributed by atoms with Gasteiger partial charge in [0.15, 0.2) is 0 Å². The molecule has 1 aromatic carbocycles. The van der Waals surface area contributed by atoms with Crippen molar-refractivity contribution in [1.82, 2.24) is 14.8 Å². The van der Waals surface area contributed by atoms with E-state index in [4.69, 9.17) is 0 Å². The minimum atomic E-state index is -0.812. The smallest absolute Gasteiger partial charge is 0.407 e. The van der Waals surface area contributed by atoms with Gasteiger partial charge in [0.2, 0.25) is 0 Å². The molecule has 1 atom stereocenters. The van der Waals surface area contributed by atoms with E-state index in [0.29, 0.717) is 19.0 Å². The van der Waals surface area contributed by atoms with Crippen LogP contribution in [0.2, 0.25) is 0 Å². The molecule has 1 aliphatic rings. The predicted octanol–water partition coefficient (Wildman–Crippen LogP) is 3.96. The van der Waals surface area contributed by atoms with Crippen LogP contribution in [0.25, 0.3) is 11.1 Å². The number of carboxylic acid groups (broad SMARTS) is 1. The minimum absolute atomic E-state index is 0.274. The molecule has 3 rings (SSSR count). The van der Waals surface area contributed by atoms with Gasteiger partial charge in [-0.3, -0.25) is 9.88 Å². The second-order valence-electron chi connectivity index (χ2n) is 7.39. The summed E-state index contributed by atoms with van der Waals surface area (Å²) in [5, 5.41) is 9.28. The van der Waals surface area contributed by atoms with E-state index in [1.165, 1.54) is 16.0 Å². The topological polar surface area (TPSA) is 56.7 Å². The molecule has 1 N–H and O–H groups in total. The quantitative estimate of drug-likeness (QED) is 0.854. The number of hydrogen-bond acceptors (Lipinski definition) is 3. The van der Waals surface area contributed by atoms with Crippen LogP contribution >= 0.6 is 0 Å².